The molecule has 94 valence electrons. The van der Waals surface area contributed by atoms with Gasteiger partial charge in [-0.3, -0.25) is 4.98 Å². The number of hydrogen-bond donors (Lipinski definition) is 0. The third kappa shape index (κ3) is 2.65. The lowest BCUT2D eigenvalue weighted by Gasteiger charge is -2.01. The average Bonchev–Trinajstić information content (AvgIpc) is 3.09. The molecule has 0 spiro atoms. The minimum atomic E-state index is 0.808. The second-order valence-electron chi connectivity index (χ2n) is 4.25. The molecule has 0 N–H and O–H groups in total. The van der Waals surface area contributed by atoms with Crippen LogP contribution in [0, 0.1) is 6.92 Å². The molecule has 19 heavy (non-hydrogen) atoms. The van der Waals surface area contributed by atoms with Crippen molar-refractivity contribution < 1.29 is 8.83 Å². The molecule has 3 nitrogen and oxygen atoms in total. The Morgan fingerprint density at radius 2 is 1.84 bits per heavy atom. The molecule has 0 saturated carbocycles. The van der Waals surface area contributed by atoms with Crippen molar-refractivity contribution in [3.8, 4) is 11.3 Å². The average molecular weight is 251 g/mol. The van der Waals surface area contributed by atoms with Gasteiger partial charge in [-0.05, 0) is 55.5 Å². The molecule has 0 bridgehead atoms. The Morgan fingerprint density at radius 1 is 1.00 bits per heavy atom. The number of aryl methyl sites for hydroxylation is 1. The standard InChI is InChI=1S/C16H13NO2/c1-12-10-13(16-5-3-9-19-16)11-14(17-12)6-7-15-4-2-8-18-15/h2-11H,1H3/b7-6+. The number of nitrogens with zero attached hydrogens (tertiary/aromatic N) is 1. The summed E-state index contributed by atoms with van der Waals surface area (Å²) in [5.74, 6) is 1.65. The van der Waals surface area contributed by atoms with Crippen LogP contribution in [0.2, 0.25) is 0 Å². The van der Waals surface area contributed by atoms with E-state index in [1.165, 1.54) is 0 Å². The number of rotatable bonds is 3. The van der Waals surface area contributed by atoms with E-state index in [0.717, 1.165) is 28.5 Å². The van der Waals surface area contributed by atoms with Crippen LogP contribution in [-0.2, 0) is 0 Å². The van der Waals surface area contributed by atoms with E-state index >= 15 is 0 Å². The van der Waals surface area contributed by atoms with Crippen LogP contribution in [0.4, 0.5) is 0 Å². The van der Waals surface area contributed by atoms with E-state index in [1.807, 2.05) is 55.5 Å². The van der Waals surface area contributed by atoms with Crippen molar-refractivity contribution in [1.82, 2.24) is 4.98 Å². The van der Waals surface area contributed by atoms with Gasteiger partial charge in [-0.2, -0.15) is 0 Å². The molecule has 3 heterocycles. The molecule has 0 amide bonds. The Kier molecular flexibility index (Phi) is 3.02. The lowest BCUT2D eigenvalue weighted by atomic mass is 10.1. The fourth-order valence-electron chi connectivity index (χ4n) is 1.92. The van der Waals surface area contributed by atoms with Gasteiger partial charge >= 0.3 is 0 Å². The van der Waals surface area contributed by atoms with Crippen LogP contribution < -0.4 is 0 Å². The lowest BCUT2D eigenvalue weighted by molar-refractivity contribution is 0.557. The van der Waals surface area contributed by atoms with Crippen molar-refractivity contribution >= 4 is 12.2 Å². The third-order valence-corrected chi connectivity index (χ3v) is 2.74. The lowest BCUT2D eigenvalue weighted by Crippen LogP contribution is -1.87. The molecule has 0 atom stereocenters. The highest BCUT2D eigenvalue weighted by molar-refractivity contribution is 5.69. The van der Waals surface area contributed by atoms with Crippen LogP contribution in [0.1, 0.15) is 17.1 Å². The van der Waals surface area contributed by atoms with Crippen LogP contribution >= 0.6 is 0 Å². The van der Waals surface area contributed by atoms with E-state index in [9.17, 15) is 0 Å². The monoisotopic (exact) mass is 251 g/mol. The second kappa shape index (κ2) is 4.98. The first-order valence-corrected chi connectivity index (χ1v) is 6.05. The van der Waals surface area contributed by atoms with Gasteiger partial charge in [-0.25, -0.2) is 0 Å². The van der Waals surface area contributed by atoms with Crippen molar-refractivity contribution in [2.24, 2.45) is 0 Å². The molecule has 0 fully saturated rings. The highest BCUT2D eigenvalue weighted by Gasteiger charge is 2.03. The maximum absolute atomic E-state index is 5.41. The summed E-state index contributed by atoms with van der Waals surface area (Å²) in [6, 6.07) is 11.6. The molecule has 0 aliphatic heterocycles. The molecule has 0 saturated heterocycles. The maximum atomic E-state index is 5.41. The summed E-state index contributed by atoms with van der Waals surface area (Å²) in [5, 5.41) is 0. The minimum absolute atomic E-state index is 0.808. The molecule has 0 aliphatic rings. The summed E-state index contributed by atoms with van der Waals surface area (Å²) < 4.78 is 10.7. The van der Waals surface area contributed by atoms with Crippen LogP contribution in [-0.4, -0.2) is 4.98 Å². The van der Waals surface area contributed by atoms with Crippen LogP contribution in [0.15, 0.2) is 57.8 Å². The molecule has 3 aromatic heterocycles. The zero-order chi connectivity index (χ0) is 13.1. The SMILES string of the molecule is Cc1cc(-c2ccco2)cc(/C=C/c2ccco2)n1. The molecular formula is C16H13NO2. The summed E-state index contributed by atoms with van der Waals surface area (Å²) >= 11 is 0. The van der Waals surface area contributed by atoms with E-state index in [1.54, 1.807) is 12.5 Å². The molecule has 0 radical (unpaired) electrons. The number of aromatic nitrogens is 1. The fraction of sp³-hybridized carbons (Fsp3) is 0.0625. The van der Waals surface area contributed by atoms with E-state index in [-0.39, 0.29) is 0 Å². The van der Waals surface area contributed by atoms with Gasteiger partial charge in [-0.15, -0.1) is 0 Å². The number of furan rings is 2. The molecule has 3 heteroatoms. The molecule has 0 unspecified atom stereocenters. The molecule has 3 aromatic rings. The zero-order valence-electron chi connectivity index (χ0n) is 10.5. The Bertz CT molecular complexity index is 680. The number of hydrogen-bond acceptors (Lipinski definition) is 3. The largest absolute Gasteiger partial charge is 0.465 e. The first kappa shape index (κ1) is 11.5. The minimum Gasteiger partial charge on any atom is -0.465 e. The summed E-state index contributed by atoms with van der Waals surface area (Å²) in [6.45, 7) is 1.97. The molecule has 0 aliphatic carbocycles. The van der Waals surface area contributed by atoms with Crippen molar-refractivity contribution in [3.63, 3.8) is 0 Å². The predicted molar refractivity (Wildman–Crippen MR) is 74.3 cm³/mol. The zero-order valence-corrected chi connectivity index (χ0v) is 10.5. The van der Waals surface area contributed by atoms with E-state index in [4.69, 9.17) is 8.83 Å². The Hall–Kier alpha value is -2.55. The van der Waals surface area contributed by atoms with Crippen LogP contribution in [0.5, 0.6) is 0 Å². The summed E-state index contributed by atoms with van der Waals surface area (Å²) in [4.78, 5) is 4.47. The quantitative estimate of drug-likeness (QED) is 0.692. The fourth-order valence-corrected chi connectivity index (χ4v) is 1.92. The highest BCUT2D eigenvalue weighted by Crippen LogP contribution is 2.22. The summed E-state index contributed by atoms with van der Waals surface area (Å²) in [5.41, 5.74) is 2.85. The van der Waals surface area contributed by atoms with Crippen molar-refractivity contribution in [2.45, 2.75) is 6.92 Å². The van der Waals surface area contributed by atoms with Gasteiger partial charge in [0.05, 0.1) is 18.2 Å². The molecule has 3 rings (SSSR count). The van der Waals surface area contributed by atoms with E-state index in [2.05, 4.69) is 4.98 Å². The normalized spacial score (nSPS) is 11.2. The highest BCUT2D eigenvalue weighted by atomic mass is 16.3. The second-order valence-corrected chi connectivity index (χ2v) is 4.25. The predicted octanol–water partition coefficient (Wildman–Crippen LogP) is 4.41. The van der Waals surface area contributed by atoms with Gasteiger partial charge in [0.1, 0.15) is 11.5 Å². The molecular weight excluding hydrogens is 238 g/mol. The van der Waals surface area contributed by atoms with Crippen LogP contribution in [0.25, 0.3) is 23.5 Å². The first-order chi connectivity index (χ1) is 9.31. The van der Waals surface area contributed by atoms with Gasteiger partial charge in [0.2, 0.25) is 0 Å². The van der Waals surface area contributed by atoms with E-state index in [0.29, 0.717) is 0 Å². The Morgan fingerprint density at radius 3 is 2.58 bits per heavy atom. The first-order valence-electron chi connectivity index (χ1n) is 6.05. The van der Waals surface area contributed by atoms with E-state index < -0.39 is 0 Å². The topological polar surface area (TPSA) is 39.2 Å². The van der Waals surface area contributed by atoms with Gasteiger partial charge in [0.15, 0.2) is 0 Å². The third-order valence-electron chi connectivity index (χ3n) is 2.74. The Balaban J connectivity index is 1.94. The number of pyridine rings is 1. The summed E-state index contributed by atoms with van der Waals surface area (Å²) in [7, 11) is 0. The smallest absolute Gasteiger partial charge is 0.133 e. The maximum Gasteiger partial charge on any atom is 0.133 e. The van der Waals surface area contributed by atoms with Gasteiger partial charge < -0.3 is 8.83 Å². The van der Waals surface area contributed by atoms with Crippen molar-refractivity contribution in [2.75, 3.05) is 0 Å². The Labute approximate surface area is 111 Å². The van der Waals surface area contributed by atoms with Crippen molar-refractivity contribution in [1.29, 1.82) is 0 Å². The summed E-state index contributed by atoms with van der Waals surface area (Å²) in [6.07, 6.45) is 7.15. The van der Waals surface area contributed by atoms with Crippen LogP contribution in [0.3, 0.4) is 0 Å². The molecule has 0 aromatic carbocycles. The van der Waals surface area contributed by atoms with Gasteiger partial charge in [0.25, 0.3) is 0 Å². The van der Waals surface area contributed by atoms with Crippen molar-refractivity contribution in [3.05, 3.63) is 66.1 Å². The van der Waals surface area contributed by atoms with Gasteiger partial charge in [0, 0.05) is 11.3 Å². The van der Waals surface area contributed by atoms with Gasteiger partial charge in [-0.1, -0.05) is 0 Å².